The Bertz CT molecular complexity index is 906. The number of amides is 3. The first-order valence-corrected chi connectivity index (χ1v) is 9.86. The minimum absolute atomic E-state index is 0.225. The average molecular weight is 415 g/mol. The number of hydrazine groups is 1. The number of rotatable bonds is 7. The van der Waals surface area contributed by atoms with Crippen molar-refractivity contribution >= 4 is 29.5 Å². The number of thioether (sulfide) groups is 1. The van der Waals surface area contributed by atoms with Crippen LogP contribution in [0.4, 0.5) is 0 Å². The number of hydrogen-bond donors (Lipinski definition) is 2. The lowest BCUT2D eigenvalue weighted by atomic mass is 10.2. The first-order chi connectivity index (χ1) is 14.0. The molecule has 1 unspecified atom stereocenters. The van der Waals surface area contributed by atoms with Crippen molar-refractivity contribution in [3.05, 3.63) is 59.7 Å². The van der Waals surface area contributed by atoms with Gasteiger partial charge in [-0.2, -0.15) is 0 Å². The molecule has 0 aromatic heterocycles. The van der Waals surface area contributed by atoms with Crippen molar-refractivity contribution in [2.75, 3.05) is 26.5 Å². The molecular weight excluding hydrogens is 394 g/mol. The number of ether oxygens (including phenoxy) is 2. The molecule has 2 aromatic rings. The maximum Gasteiger partial charge on any atom is 0.258 e. The van der Waals surface area contributed by atoms with Crippen molar-refractivity contribution in [2.24, 2.45) is 0 Å². The predicted molar refractivity (Wildman–Crippen MR) is 109 cm³/mol. The van der Waals surface area contributed by atoms with Crippen molar-refractivity contribution < 1.29 is 23.9 Å². The Morgan fingerprint density at radius 1 is 1.10 bits per heavy atom. The number of carbonyl (C=O) groups is 3. The van der Waals surface area contributed by atoms with Gasteiger partial charge in [0.25, 0.3) is 17.7 Å². The van der Waals surface area contributed by atoms with Crippen molar-refractivity contribution in [1.29, 1.82) is 0 Å². The molecule has 0 bridgehead atoms. The highest BCUT2D eigenvalue weighted by Gasteiger charge is 2.34. The van der Waals surface area contributed by atoms with Gasteiger partial charge in [0, 0.05) is 5.56 Å². The van der Waals surface area contributed by atoms with Crippen LogP contribution < -0.4 is 20.2 Å². The molecule has 0 aliphatic carbocycles. The SMILES string of the molecule is COc1ccc(C2SCC(=O)N2NC(=O)CNC(=O)c2ccccc2)cc1OC. The van der Waals surface area contributed by atoms with Crippen LogP contribution >= 0.6 is 11.8 Å². The molecule has 9 heteroatoms. The summed E-state index contributed by atoms with van der Waals surface area (Å²) < 4.78 is 10.5. The van der Waals surface area contributed by atoms with E-state index in [1.165, 1.54) is 23.9 Å². The standard InChI is InChI=1S/C20H21N3O5S/c1-27-15-9-8-14(10-16(15)28-2)20-23(18(25)12-29-20)22-17(24)11-21-19(26)13-6-4-3-5-7-13/h3-10,20H,11-12H2,1-2H3,(H,21,26)(H,22,24). The van der Waals surface area contributed by atoms with E-state index >= 15 is 0 Å². The van der Waals surface area contributed by atoms with Gasteiger partial charge in [0.1, 0.15) is 5.37 Å². The molecule has 2 aromatic carbocycles. The molecule has 1 saturated heterocycles. The maximum atomic E-state index is 12.3. The average Bonchev–Trinajstić information content (AvgIpc) is 3.12. The summed E-state index contributed by atoms with van der Waals surface area (Å²) in [5.74, 6) is 0.263. The second-order valence-electron chi connectivity index (χ2n) is 6.13. The monoisotopic (exact) mass is 415 g/mol. The van der Waals surface area contributed by atoms with Crippen LogP contribution in [0, 0.1) is 0 Å². The van der Waals surface area contributed by atoms with Crippen LogP contribution in [-0.2, 0) is 9.59 Å². The van der Waals surface area contributed by atoms with Crippen molar-refractivity contribution in [2.45, 2.75) is 5.37 Å². The smallest absolute Gasteiger partial charge is 0.258 e. The number of methoxy groups -OCH3 is 2. The summed E-state index contributed by atoms with van der Waals surface area (Å²) in [6.45, 7) is -0.249. The van der Waals surface area contributed by atoms with Crippen LogP contribution in [0.15, 0.2) is 48.5 Å². The Hall–Kier alpha value is -3.20. The fourth-order valence-corrected chi connectivity index (χ4v) is 3.92. The Labute approximate surface area is 172 Å². The largest absolute Gasteiger partial charge is 0.493 e. The first-order valence-electron chi connectivity index (χ1n) is 8.81. The van der Waals surface area contributed by atoms with Gasteiger partial charge in [-0.1, -0.05) is 24.3 Å². The molecule has 1 aliphatic rings. The highest BCUT2D eigenvalue weighted by Crippen LogP contribution is 2.40. The van der Waals surface area contributed by atoms with Gasteiger partial charge in [-0.25, -0.2) is 5.01 Å². The number of nitrogens with one attached hydrogen (secondary N) is 2. The van der Waals surface area contributed by atoms with E-state index in [1.807, 2.05) is 6.07 Å². The van der Waals surface area contributed by atoms with Gasteiger partial charge in [0.05, 0.1) is 26.5 Å². The molecule has 152 valence electrons. The van der Waals surface area contributed by atoms with Crippen molar-refractivity contribution in [1.82, 2.24) is 15.8 Å². The molecule has 3 rings (SSSR count). The number of nitrogens with zero attached hydrogens (tertiary/aromatic N) is 1. The highest BCUT2D eigenvalue weighted by molar-refractivity contribution is 8.00. The van der Waals surface area contributed by atoms with Crippen LogP contribution in [0.25, 0.3) is 0 Å². The van der Waals surface area contributed by atoms with E-state index in [1.54, 1.807) is 49.6 Å². The molecule has 0 spiro atoms. The molecule has 0 saturated carbocycles. The van der Waals surface area contributed by atoms with Gasteiger partial charge < -0.3 is 14.8 Å². The number of carbonyl (C=O) groups excluding carboxylic acids is 3. The zero-order valence-corrected chi connectivity index (χ0v) is 16.8. The van der Waals surface area contributed by atoms with E-state index in [-0.39, 0.29) is 24.1 Å². The van der Waals surface area contributed by atoms with E-state index in [0.29, 0.717) is 17.1 Å². The van der Waals surface area contributed by atoms with Gasteiger partial charge in [0.2, 0.25) is 0 Å². The van der Waals surface area contributed by atoms with Crippen LogP contribution in [-0.4, -0.2) is 49.2 Å². The summed E-state index contributed by atoms with van der Waals surface area (Å²) in [7, 11) is 3.07. The predicted octanol–water partition coefficient (Wildman–Crippen LogP) is 1.74. The third kappa shape index (κ3) is 4.80. The summed E-state index contributed by atoms with van der Waals surface area (Å²) in [5.41, 5.74) is 3.83. The normalized spacial score (nSPS) is 15.7. The van der Waals surface area contributed by atoms with Gasteiger partial charge in [-0.15, -0.1) is 11.8 Å². The molecule has 29 heavy (non-hydrogen) atoms. The summed E-state index contributed by atoms with van der Waals surface area (Å²) in [6.07, 6.45) is 0. The zero-order valence-electron chi connectivity index (χ0n) is 16.0. The summed E-state index contributed by atoms with van der Waals surface area (Å²) >= 11 is 1.39. The van der Waals surface area contributed by atoms with Crippen LogP contribution in [0.5, 0.6) is 11.5 Å². The minimum atomic E-state index is -0.490. The summed E-state index contributed by atoms with van der Waals surface area (Å²) in [5, 5.41) is 3.42. The lowest BCUT2D eigenvalue weighted by molar-refractivity contribution is -0.138. The Kier molecular flexibility index (Phi) is 6.61. The van der Waals surface area contributed by atoms with E-state index < -0.39 is 11.3 Å². The van der Waals surface area contributed by atoms with Gasteiger partial charge in [-0.3, -0.25) is 19.8 Å². The fraction of sp³-hybridized carbons (Fsp3) is 0.250. The minimum Gasteiger partial charge on any atom is -0.493 e. The molecule has 1 aliphatic heterocycles. The summed E-state index contributed by atoms with van der Waals surface area (Å²) in [4.78, 5) is 36.7. The highest BCUT2D eigenvalue weighted by atomic mass is 32.2. The molecule has 0 radical (unpaired) electrons. The van der Waals surface area contributed by atoms with Gasteiger partial charge in [-0.05, 0) is 29.8 Å². The van der Waals surface area contributed by atoms with Crippen molar-refractivity contribution in [3.8, 4) is 11.5 Å². The molecule has 1 atom stereocenters. The molecule has 8 nitrogen and oxygen atoms in total. The van der Waals surface area contributed by atoms with E-state index in [0.717, 1.165) is 5.56 Å². The van der Waals surface area contributed by atoms with Gasteiger partial charge >= 0.3 is 0 Å². The quantitative estimate of drug-likeness (QED) is 0.715. The Morgan fingerprint density at radius 3 is 2.52 bits per heavy atom. The lowest BCUT2D eigenvalue weighted by Gasteiger charge is -2.25. The van der Waals surface area contributed by atoms with E-state index in [2.05, 4.69) is 10.7 Å². The Balaban J connectivity index is 1.65. The number of benzene rings is 2. The first kappa shape index (κ1) is 20.5. The topological polar surface area (TPSA) is 97.0 Å². The van der Waals surface area contributed by atoms with E-state index in [9.17, 15) is 14.4 Å². The van der Waals surface area contributed by atoms with Crippen LogP contribution in [0.2, 0.25) is 0 Å². The third-order valence-corrected chi connectivity index (χ3v) is 5.46. The lowest BCUT2D eigenvalue weighted by Crippen LogP contribution is -2.48. The third-order valence-electron chi connectivity index (χ3n) is 4.25. The van der Waals surface area contributed by atoms with Crippen LogP contribution in [0.3, 0.4) is 0 Å². The Morgan fingerprint density at radius 2 is 1.83 bits per heavy atom. The van der Waals surface area contributed by atoms with Crippen molar-refractivity contribution in [3.63, 3.8) is 0 Å². The second kappa shape index (κ2) is 9.33. The summed E-state index contributed by atoms with van der Waals surface area (Å²) in [6, 6.07) is 13.9. The van der Waals surface area contributed by atoms with Gasteiger partial charge in [0.15, 0.2) is 11.5 Å². The van der Waals surface area contributed by atoms with E-state index in [4.69, 9.17) is 9.47 Å². The maximum absolute atomic E-state index is 12.3. The molecule has 1 heterocycles. The second-order valence-corrected chi connectivity index (χ2v) is 7.19. The molecule has 1 fully saturated rings. The van der Waals surface area contributed by atoms with Crippen LogP contribution in [0.1, 0.15) is 21.3 Å². The zero-order chi connectivity index (χ0) is 20.8. The fourth-order valence-electron chi connectivity index (χ4n) is 2.82. The molecule has 3 amide bonds. The molecule has 2 N–H and O–H groups in total. The molecular formula is C20H21N3O5S. The number of hydrogen-bond acceptors (Lipinski definition) is 6.